The molecule has 0 amide bonds. The maximum absolute atomic E-state index is 11.9. The van der Waals surface area contributed by atoms with E-state index in [1.165, 1.54) is 0 Å². The van der Waals surface area contributed by atoms with Gasteiger partial charge in [-0.3, -0.25) is 9.13 Å². The van der Waals surface area contributed by atoms with Crippen molar-refractivity contribution in [2.45, 2.75) is 0 Å². The van der Waals surface area contributed by atoms with Gasteiger partial charge in [-0.05, 0) is 24.4 Å². The summed E-state index contributed by atoms with van der Waals surface area (Å²) in [5.41, 5.74) is 8.87. The summed E-state index contributed by atoms with van der Waals surface area (Å²) in [6.07, 6.45) is 0. The molecular formula is C12H17N5OS. The fraction of sp³-hybridized carbons (Fsp3) is 0.333. The van der Waals surface area contributed by atoms with Crippen LogP contribution in [0.15, 0.2) is 16.9 Å². The lowest BCUT2D eigenvalue weighted by Crippen LogP contribution is -2.21. The van der Waals surface area contributed by atoms with Crippen molar-refractivity contribution in [3.8, 4) is 0 Å². The van der Waals surface area contributed by atoms with E-state index in [2.05, 4.69) is 5.32 Å². The molecule has 0 spiro atoms. The van der Waals surface area contributed by atoms with Gasteiger partial charge in [0, 0.05) is 28.2 Å². The zero-order valence-electron chi connectivity index (χ0n) is 11.4. The second-order valence-corrected chi connectivity index (χ2v) is 5.08. The minimum atomic E-state index is -0.0628. The maximum Gasteiger partial charge on any atom is 0.328 e. The molecule has 102 valence electrons. The zero-order valence-corrected chi connectivity index (χ0v) is 12.2. The molecule has 0 fully saturated rings. The molecule has 0 bridgehead atoms. The molecule has 0 atom stereocenters. The number of aromatic nitrogens is 2. The first-order chi connectivity index (χ1) is 8.82. The summed E-state index contributed by atoms with van der Waals surface area (Å²) in [5.74, 6) is 0. The first-order valence-electron chi connectivity index (χ1n) is 5.76. The Morgan fingerprint density at radius 2 is 1.79 bits per heavy atom. The van der Waals surface area contributed by atoms with E-state index in [0.717, 1.165) is 22.4 Å². The van der Waals surface area contributed by atoms with E-state index in [9.17, 15) is 4.79 Å². The smallest absolute Gasteiger partial charge is 0.328 e. The maximum atomic E-state index is 11.9. The van der Waals surface area contributed by atoms with Crippen LogP contribution in [0.2, 0.25) is 0 Å². The topological polar surface area (TPSA) is 68.2 Å². The van der Waals surface area contributed by atoms with Crippen LogP contribution in [0.4, 0.5) is 11.4 Å². The molecule has 0 aliphatic carbocycles. The lowest BCUT2D eigenvalue weighted by molar-refractivity contribution is 0.795. The molecule has 1 aromatic heterocycles. The third-order valence-corrected chi connectivity index (χ3v) is 3.23. The summed E-state index contributed by atoms with van der Waals surface area (Å²) in [4.78, 5) is 13.9. The van der Waals surface area contributed by atoms with Crippen molar-refractivity contribution in [1.29, 1.82) is 0 Å². The molecule has 19 heavy (non-hydrogen) atoms. The summed E-state index contributed by atoms with van der Waals surface area (Å²) in [6.45, 7) is 0. The largest absolute Gasteiger partial charge is 0.376 e. The summed E-state index contributed by atoms with van der Waals surface area (Å²) in [7, 11) is 7.34. The van der Waals surface area contributed by atoms with Gasteiger partial charge in [0.15, 0.2) is 5.11 Å². The van der Waals surface area contributed by atoms with Crippen LogP contribution in [-0.4, -0.2) is 28.3 Å². The molecule has 1 heterocycles. The summed E-state index contributed by atoms with van der Waals surface area (Å²) in [5, 5.41) is 3.14. The van der Waals surface area contributed by atoms with E-state index in [1.54, 1.807) is 23.2 Å². The van der Waals surface area contributed by atoms with Crippen molar-refractivity contribution in [2.75, 3.05) is 24.3 Å². The van der Waals surface area contributed by atoms with E-state index >= 15 is 0 Å². The van der Waals surface area contributed by atoms with Crippen molar-refractivity contribution in [1.82, 2.24) is 9.13 Å². The third kappa shape index (κ3) is 2.17. The number of hydrogen-bond acceptors (Lipinski definition) is 3. The number of nitrogens with two attached hydrogens (primary N) is 1. The van der Waals surface area contributed by atoms with Crippen molar-refractivity contribution in [3.05, 3.63) is 22.6 Å². The first-order valence-corrected chi connectivity index (χ1v) is 6.17. The number of aryl methyl sites for hydroxylation is 2. The van der Waals surface area contributed by atoms with Gasteiger partial charge < -0.3 is 16.0 Å². The van der Waals surface area contributed by atoms with Crippen molar-refractivity contribution >= 4 is 39.7 Å². The number of thiocarbonyl (C=S) groups is 1. The number of nitrogens with one attached hydrogen (secondary N) is 1. The Kier molecular flexibility index (Phi) is 3.23. The standard InChI is InChI=1S/C12H17N5OS/c1-15(2)8-6-10-9(5-7(8)14-11(13)19)16(3)12(18)17(10)4/h5-6H,1-4H3,(H3,13,14,19). The lowest BCUT2D eigenvalue weighted by Gasteiger charge is -2.18. The molecule has 0 aliphatic heterocycles. The number of rotatable bonds is 2. The normalized spacial score (nSPS) is 10.7. The molecule has 0 unspecified atom stereocenters. The van der Waals surface area contributed by atoms with Gasteiger partial charge >= 0.3 is 5.69 Å². The molecule has 2 rings (SSSR count). The van der Waals surface area contributed by atoms with Gasteiger partial charge in [-0.1, -0.05) is 0 Å². The van der Waals surface area contributed by atoms with Gasteiger partial charge in [-0.15, -0.1) is 0 Å². The predicted octanol–water partition coefficient (Wildman–Crippen LogP) is 0.598. The van der Waals surface area contributed by atoms with E-state index in [0.29, 0.717) is 0 Å². The number of nitrogens with zero attached hydrogens (tertiary/aromatic N) is 3. The zero-order chi connectivity index (χ0) is 14.3. The number of imidazole rings is 1. The number of hydrogen-bond donors (Lipinski definition) is 2. The monoisotopic (exact) mass is 279 g/mol. The molecule has 0 saturated heterocycles. The number of fused-ring (bicyclic) bond motifs is 1. The third-order valence-electron chi connectivity index (χ3n) is 3.13. The van der Waals surface area contributed by atoms with Crippen LogP contribution < -0.4 is 21.6 Å². The molecular weight excluding hydrogens is 262 g/mol. The highest BCUT2D eigenvalue weighted by molar-refractivity contribution is 7.80. The summed E-state index contributed by atoms with van der Waals surface area (Å²) in [6, 6.07) is 3.82. The Bertz CT molecular complexity index is 713. The van der Waals surface area contributed by atoms with E-state index in [-0.39, 0.29) is 10.8 Å². The molecule has 6 nitrogen and oxygen atoms in total. The fourth-order valence-electron chi connectivity index (χ4n) is 2.14. The lowest BCUT2D eigenvalue weighted by atomic mass is 10.2. The van der Waals surface area contributed by atoms with Crippen LogP contribution in [0.5, 0.6) is 0 Å². The molecule has 0 saturated carbocycles. The Labute approximate surface area is 116 Å². The molecule has 7 heteroatoms. The van der Waals surface area contributed by atoms with Crippen LogP contribution in [-0.2, 0) is 14.1 Å². The van der Waals surface area contributed by atoms with Crippen LogP contribution >= 0.6 is 12.2 Å². The van der Waals surface area contributed by atoms with Gasteiger partial charge in [0.1, 0.15) is 0 Å². The Morgan fingerprint density at radius 1 is 1.26 bits per heavy atom. The predicted molar refractivity (Wildman–Crippen MR) is 82.9 cm³/mol. The molecule has 2 aromatic rings. The van der Waals surface area contributed by atoms with E-state index in [1.807, 2.05) is 31.1 Å². The van der Waals surface area contributed by atoms with Crippen molar-refractivity contribution in [2.24, 2.45) is 19.8 Å². The van der Waals surface area contributed by atoms with Crippen LogP contribution in [0.3, 0.4) is 0 Å². The Morgan fingerprint density at radius 3 is 2.26 bits per heavy atom. The minimum Gasteiger partial charge on any atom is -0.376 e. The Balaban J connectivity index is 2.80. The van der Waals surface area contributed by atoms with Crippen molar-refractivity contribution in [3.63, 3.8) is 0 Å². The minimum absolute atomic E-state index is 0.0628. The average Bonchev–Trinajstić information content (AvgIpc) is 2.53. The second-order valence-electron chi connectivity index (χ2n) is 4.64. The van der Waals surface area contributed by atoms with E-state index < -0.39 is 0 Å². The average molecular weight is 279 g/mol. The van der Waals surface area contributed by atoms with Gasteiger partial charge in [0.2, 0.25) is 0 Å². The van der Waals surface area contributed by atoms with Gasteiger partial charge in [0.25, 0.3) is 0 Å². The van der Waals surface area contributed by atoms with Gasteiger partial charge in [0.05, 0.1) is 22.4 Å². The van der Waals surface area contributed by atoms with Crippen LogP contribution in [0.25, 0.3) is 11.0 Å². The summed E-state index contributed by atoms with van der Waals surface area (Å²) < 4.78 is 3.21. The second kappa shape index (κ2) is 4.58. The molecule has 3 N–H and O–H groups in total. The Hall–Kier alpha value is -2.02. The van der Waals surface area contributed by atoms with Crippen LogP contribution in [0, 0.1) is 0 Å². The highest BCUT2D eigenvalue weighted by Gasteiger charge is 2.13. The number of anilines is 2. The molecule has 1 aromatic carbocycles. The summed E-state index contributed by atoms with van der Waals surface area (Å²) >= 11 is 4.88. The first kappa shape index (κ1) is 13.4. The van der Waals surface area contributed by atoms with Crippen LogP contribution in [0.1, 0.15) is 0 Å². The van der Waals surface area contributed by atoms with Gasteiger partial charge in [-0.25, -0.2) is 4.79 Å². The highest BCUT2D eigenvalue weighted by Crippen LogP contribution is 2.29. The number of benzene rings is 1. The quantitative estimate of drug-likeness (QED) is 0.788. The molecule has 0 aliphatic rings. The van der Waals surface area contributed by atoms with Gasteiger partial charge in [-0.2, -0.15) is 0 Å². The SMILES string of the molecule is CN(C)c1cc2c(cc1NC(N)=S)n(C)c(=O)n2C. The highest BCUT2D eigenvalue weighted by atomic mass is 32.1. The molecule has 0 radical (unpaired) electrons. The van der Waals surface area contributed by atoms with E-state index in [4.69, 9.17) is 18.0 Å². The van der Waals surface area contributed by atoms with Crippen molar-refractivity contribution < 1.29 is 0 Å². The fourth-order valence-corrected chi connectivity index (χ4v) is 2.25.